The van der Waals surface area contributed by atoms with Gasteiger partial charge in [0.25, 0.3) is 5.91 Å². The quantitative estimate of drug-likeness (QED) is 0.717. The number of carbonyl (C=O) groups excluding carboxylic acids is 2. The van der Waals surface area contributed by atoms with Crippen molar-refractivity contribution < 1.29 is 18.5 Å². The van der Waals surface area contributed by atoms with E-state index in [1.807, 2.05) is 0 Å². The minimum atomic E-state index is -0.839. The smallest absolute Gasteiger partial charge is 0.272 e. The van der Waals surface area contributed by atoms with Gasteiger partial charge in [-0.2, -0.15) is 5.10 Å². The second-order valence-electron chi connectivity index (χ2n) is 6.04. The standard InChI is InChI=1S/C18H18FN5O3/c1-10-8-14(22-24(10)15-7-5-4-6-13(15)19)18(26)20-12(3)17(25)21-16-9-11(2)27-23-16/h4-9,12H,1-3H3,(H,20,26)(H,21,23,25). The van der Waals surface area contributed by atoms with Crippen LogP contribution in [0.1, 0.15) is 28.9 Å². The Kier molecular flexibility index (Phi) is 5.02. The number of hydrogen-bond donors (Lipinski definition) is 2. The summed E-state index contributed by atoms with van der Waals surface area (Å²) in [5.41, 5.74) is 0.898. The summed E-state index contributed by atoms with van der Waals surface area (Å²) < 4.78 is 20.2. The second-order valence-corrected chi connectivity index (χ2v) is 6.04. The number of nitrogens with one attached hydrogen (secondary N) is 2. The first kappa shape index (κ1) is 18.3. The van der Waals surface area contributed by atoms with Gasteiger partial charge in [0.2, 0.25) is 5.91 Å². The average molecular weight is 371 g/mol. The van der Waals surface area contributed by atoms with E-state index in [1.165, 1.54) is 23.7 Å². The summed E-state index contributed by atoms with van der Waals surface area (Å²) in [5.74, 6) is -0.644. The molecule has 3 rings (SSSR count). The monoisotopic (exact) mass is 371 g/mol. The molecule has 27 heavy (non-hydrogen) atoms. The van der Waals surface area contributed by atoms with E-state index in [2.05, 4.69) is 20.9 Å². The highest BCUT2D eigenvalue weighted by Crippen LogP contribution is 2.15. The minimum absolute atomic E-state index is 0.0766. The second kappa shape index (κ2) is 7.40. The van der Waals surface area contributed by atoms with Crippen LogP contribution in [-0.2, 0) is 4.79 Å². The molecule has 1 aromatic carbocycles. The van der Waals surface area contributed by atoms with Crippen molar-refractivity contribution in [3.8, 4) is 5.69 Å². The van der Waals surface area contributed by atoms with Crippen molar-refractivity contribution in [2.45, 2.75) is 26.8 Å². The van der Waals surface area contributed by atoms with Crippen LogP contribution in [0.15, 0.2) is 40.9 Å². The zero-order valence-electron chi connectivity index (χ0n) is 15.0. The predicted octanol–water partition coefficient (Wildman–Crippen LogP) is 2.37. The third-order valence-corrected chi connectivity index (χ3v) is 3.82. The molecule has 0 saturated carbocycles. The molecule has 140 valence electrons. The van der Waals surface area contributed by atoms with Crippen LogP contribution in [0, 0.1) is 19.7 Å². The fraction of sp³-hybridized carbons (Fsp3) is 0.222. The summed E-state index contributed by atoms with van der Waals surface area (Å²) in [5, 5.41) is 12.9. The molecule has 2 heterocycles. The first-order valence-corrected chi connectivity index (χ1v) is 8.22. The molecule has 0 bridgehead atoms. The van der Waals surface area contributed by atoms with E-state index in [-0.39, 0.29) is 17.2 Å². The number of halogens is 1. The molecule has 2 amide bonds. The van der Waals surface area contributed by atoms with Gasteiger partial charge in [-0.3, -0.25) is 9.59 Å². The van der Waals surface area contributed by atoms with Gasteiger partial charge in [-0.15, -0.1) is 0 Å². The zero-order chi connectivity index (χ0) is 19.6. The number of aryl methyl sites for hydroxylation is 2. The molecular weight excluding hydrogens is 353 g/mol. The molecule has 1 unspecified atom stereocenters. The number of carbonyl (C=O) groups is 2. The normalized spacial score (nSPS) is 11.9. The van der Waals surface area contributed by atoms with E-state index in [9.17, 15) is 14.0 Å². The summed E-state index contributed by atoms with van der Waals surface area (Å²) >= 11 is 0. The molecule has 0 aliphatic rings. The molecule has 2 N–H and O–H groups in total. The van der Waals surface area contributed by atoms with Gasteiger partial charge in [-0.05, 0) is 39.0 Å². The molecule has 9 heteroatoms. The van der Waals surface area contributed by atoms with Crippen LogP contribution in [0.25, 0.3) is 5.69 Å². The van der Waals surface area contributed by atoms with Crippen LogP contribution in [0.4, 0.5) is 10.2 Å². The highest BCUT2D eigenvalue weighted by molar-refractivity contribution is 5.99. The maximum atomic E-state index is 14.0. The number of rotatable bonds is 5. The van der Waals surface area contributed by atoms with Crippen molar-refractivity contribution in [3.05, 3.63) is 59.4 Å². The first-order valence-electron chi connectivity index (χ1n) is 8.22. The lowest BCUT2D eigenvalue weighted by molar-refractivity contribution is -0.117. The average Bonchev–Trinajstić information content (AvgIpc) is 3.21. The Morgan fingerprint density at radius 3 is 2.63 bits per heavy atom. The fourth-order valence-corrected chi connectivity index (χ4v) is 2.45. The molecule has 8 nitrogen and oxygen atoms in total. The van der Waals surface area contributed by atoms with Crippen molar-refractivity contribution in [2.75, 3.05) is 5.32 Å². The summed E-state index contributed by atoms with van der Waals surface area (Å²) in [6.45, 7) is 4.93. The Morgan fingerprint density at radius 1 is 1.22 bits per heavy atom. The van der Waals surface area contributed by atoms with Gasteiger partial charge in [0, 0.05) is 11.8 Å². The van der Waals surface area contributed by atoms with Gasteiger partial charge in [0.15, 0.2) is 11.5 Å². The van der Waals surface area contributed by atoms with Crippen LogP contribution in [-0.4, -0.2) is 32.8 Å². The van der Waals surface area contributed by atoms with Crippen LogP contribution in [0.2, 0.25) is 0 Å². The molecule has 3 aromatic rings. The highest BCUT2D eigenvalue weighted by atomic mass is 19.1. The third kappa shape index (κ3) is 4.02. The number of benzene rings is 1. The molecule has 0 radical (unpaired) electrons. The van der Waals surface area contributed by atoms with Crippen molar-refractivity contribution in [2.24, 2.45) is 0 Å². The lowest BCUT2D eigenvalue weighted by Crippen LogP contribution is -2.41. The van der Waals surface area contributed by atoms with E-state index in [0.717, 1.165) is 0 Å². The third-order valence-electron chi connectivity index (χ3n) is 3.82. The van der Waals surface area contributed by atoms with E-state index in [4.69, 9.17) is 4.52 Å². The van der Waals surface area contributed by atoms with Crippen LogP contribution in [0.3, 0.4) is 0 Å². The maximum Gasteiger partial charge on any atom is 0.272 e. The molecule has 0 aliphatic heterocycles. The Hall–Kier alpha value is -3.49. The van der Waals surface area contributed by atoms with E-state index in [1.54, 1.807) is 38.1 Å². The molecule has 0 fully saturated rings. The van der Waals surface area contributed by atoms with Crippen molar-refractivity contribution >= 4 is 17.6 Å². The van der Waals surface area contributed by atoms with Crippen LogP contribution < -0.4 is 10.6 Å². The van der Waals surface area contributed by atoms with Gasteiger partial charge < -0.3 is 15.2 Å². The van der Waals surface area contributed by atoms with Crippen molar-refractivity contribution in [1.29, 1.82) is 0 Å². The largest absolute Gasteiger partial charge is 0.360 e. The molecular formula is C18H18FN5O3. The van der Waals surface area contributed by atoms with E-state index < -0.39 is 23.7 Å². The fourth-order valence-electron chi connectivity index (χ4n) is 2.45. The number of amides is 2. The minimum Gasteiger partial charge on any atom is -0.360 e. The van der Waals surface area contributed by atoms with Crippen LogP contribution in [0.5, 0.6) is 0 Å². The van der Waals surface area contributed by atoms with E-state index >= 15 is 0 Å². The van der Waals surface area contributed by atoms with Gasteiger partial charge >= 0.3 is 0 Å². The molecule has 0 spiro atoms. The number of para-hydroxylation sites is 1. The summed E-state index contributed by atoms with van der Waals surface area (Å²) in [7, 11) is 0. The summed E-state index contributed by atoms with van der Waals surface area (Å²) in [6, 6.07) is 8.37. The predicted molar refractivity (Wildman–Crippen MR) is 95.1 cm³/mol. The van der Waals surface area contributed by atoms with Gasteiger partial charge in [0.05, 0.1) is 0 Å². The molecule has 2 aromatic heterocycles. The van der Waals surface area contributed by atoms with E-state index in [0.29, 0.717) is 11.5 Å². The SMILES string of the molecule is Cc1cc(NC(=O)C(C)NC(=O)c2cc(C)n(-c3ccccc3F)n2)no1. The van der Waals surface area contributed by atoms with Gasteiger partial charge in [-0.25, -0.2) is 9.07 Å². The van der Waals surface area contributed by atoms with Crippen molar-refractivity contribution in [1.82, 2.24) is 20.3 Å². The van der Waals surface area contributed by atoms with Gasteiger partial charge in [-0.1, -0.05) is 17.3 Å². The lowest BCUT2D eigenvalue weighted by atomic mass is 10.2. The summed E-state index contributed by atoms with van der Waals surface area (Å²) in [6.07, 6.45) is 0. The summed E-state index contributed by atoms with van der Waals surface area (Å²) in [4.78, 5) is 24.5. The Balaban J connectivity index is 1.70. The Bertz CT molecular complexity index is 995. The molecule has 1 atom stereocenters. The number of anilines is 1. The molecule has 0 aliphatic carbocycles. The maximum absolute atomic E-state index is 14.0. The Labute approximate surface area is 154 Å². The first-order chi connectivity index (χ1) is 12.8. The molecule has 0 saturated heterocycles. The zero-order valence-corrected chi connectivity index (χ0v) is 15.0. The highest BCUT2D eigenvalue weighted by Gasteiger charge is 2.21. The van der Waals surface area contributed by atoms with Crippen LogP contribution >= 0.6 is 0 Å². The lowest BCUT2D eigenvalue weighted by Gasteiger charge is -2.11. The number of aromatic nitrogens is 3. The van der Waals surface area contributed by atoms with Gasteiger partial charge in [0.1, 0.15) is 23.3 Å². The number of hydrogen-bond acceptors (Lipinski definition) is 5. The number of nitrogens with zero attached hydrogens (tertiary/aromatic N) is 3. The topological polar surface area (TPSA) is 102 Å². The Morgan fingerprint density at radius 2 is 1.96 bits per heavy atom. The van der Waals surface area contributed by atoms with Crippen molar-refractivity contribution in [3.63, 3.8) is 0 Å².